The summed E-state index contributed by atoms with van der Waals surface area (Å²) in [6.45, 7) is 2.00. The minimum atomic E-state index is -3.76. The van der Waals surface area contributed by atoms with Gasteiger partial charge in [-0.25, -0.2) is 17.5 Å². The molecule has 0 atom stereocenters. The van der Waals surface area contributed by atoms with Gasteiger partial charge in [0.15, 0.2) is 0 Å². The van der Waals surface area contributed by atoms with Gasteiger partial charge in [0.25, 0.3) is 5.91 Å². The third-order valence-corrected chi connectivity index (χ3v) is 6.12. The molecule has 2 N–H and O–H groups in total. The number of halogens is 1. The number of sulfonamides is 1. The van der Waals surface area contributed by atoms with E-state index in [9.17, 15) is 17.6 Å². The summed E-state index contributed by atoms with van der Waals surface area (Å²) in [6, 6.07) is 10.2. The molecule has 1 saturated heterocycles. The number of nitrogens with zero attached hydrogens (tertiary/aromatic N) is 1. The van der Waals surface area contributed by atoms with Gasteiger partial charge in [0.2, 0.25) is 10.0 Å². The molecule has 1 aliphatic heterocycles. The van der Waals surface area contributed by atoms with Crippen molar-refractivity contribution in [3.8, 4) is 0 Å². The van der Waals surface area contributed by atoms with E-state index in [1.54, 1.807) is 12.1 Å². The van der Waals surface area contributed by atoms with Crippen LogP contribution in [0.5, 0.6) is 0 Å². The first kappa shape index (κ1) is 21.2. The zero-order chi connectivity index (χ0) is 20.9. The van der Waals surface area contributed by atoms with Gasteiger partial charge in [-0.05, 0) is 49.2 Å². The van der Waals surface area contributed by atoms with E-state index in [1.807, 2.05) is 4.90 Å². The van der Waals surface area contributed by atoms with Crippen LogP contribution in [0.2, 0.25) is 0 Å². The van der Waals surface area contributed by atoms with E-state index in [0.717, 1.165) is 25.9 Å². The third-order valence-electron chi connectivity index (χ3n) is 4.66. The van der Waals surface area contributed by atoms with E-state index in [-0.39, 0.29) is 23.6 Å². The molecule has 1 heterocycles. The van der Waals surface area contributed by atoms with Crippen LogP contribution >= 0.6 is 0 Å². The zero-order valence-corrected chi connectivity index (χ0v) is 17.0. The number of carbonyl (C=O) groups excluding carboxylic acids is 1. The van der Waals surface area contributed by atoms with Crippen molar-refractivity contribution in [1.82, 2.24) is 4.72 Å². The highest BCUT2D eigenvalue weighted by Gasteiger charge is 2.18. The Labute approximate surface area is 169 Å². The molecule has 0 bridgehead atoms. The van der Waals surface area contributed by atoms with Crippen LogP contribution in [0.4, 0.5) is 15.8 Å². The van der Waals surface area contributed by atoms with Gasteiger partial charge in [0.05, 0.1) is 17.2 Å². The summed E-state index contributed by atoms with van der Waals surface area (Å²) in [5, 5.41) is 2.62. The molecule has 7 nitrogen and oxygen atoms in total. The highest BCUT2D eigenvalue weighted by Crippen LogP contribution is 2.26. The van der Waals surface area contributed by atoms with E-state index in [1.165, 1.54) is 37.4 Å². The van der Waals surface area contributed by atoms with Gasteiger partial charge in [-0.2, -0.15) is 0 Å². The van der Waals surface area contributed by atoms with E-state index in [2.05, 4.69) is 10.0 Å². The van der Waals surface area contributed by atoms with Gasteiger partial charge in [0, 0.05) is 38.0 Å². The molecular weight excluding hydrogens is 397 g/mol. The minimum absolute atomic E-state index is 0.0307. The van der Waals surface area contributed by atoms with Gasteiger partial charge in [-0.1, -0.05) is 6.07 Å². The van der Waals surface area contributed by atoms with Gasteiger partial charge in [-0.15, -0.1) is 0 Å². The SMILES string of the molecule is COCCNS(=O)(=O)c1cccc(C(=O)Nc2ccc(N3CCCC3)c(F)c2)c1. The van der Waals surface area contributed by atoms with Crippen molar-refractivity contribution in [2.45, 2.75) is 17.7 Å². The van der Waals surface area contributed by atoms with Crippen LogP contribution in [0.1, 0.15) is 23.2 Å². The number of ether oxygens (including phenoxy) is 1. The van der Waals surface area contributed by atoms with Crippen molar-refractivity contribution in [2.24, 2.45) is 0 Å². The Morgan fingerprint density at radius 2 is 1.93 bits per heavy atom. The molecule has 2 aromatic rings. The van der Waals surface area contributed by atoms with E-state index in [4.69, 9.17) is 4.74 Å². The first-order valence-corrected chi connectivity index (χ1v) is 10.8. The Balaban J connectivity index is 1.72. The summed E-state index contributed by atoms with van der Waals surface area (Å²) in [4.78, 5) is 14.5. The predicted molar refractivity (Wildman–Crippen MR) is 109 cm³/mol. The molecule has 0 unspecified atom stereocenters. The number of methoxy groups -OCH3 is 1. The molecule has 0 spiro atoms. The maximum Gasteiger partial charge on any atom is 0.255 e. The highest BCUT2D eigenvalue weighted by atomic mass is 32.2. The standard InChI is InChI=1S/C20H24FN3O4S/c1-28-12-9-22-29(26,27)17-6-4-5-15(13-17)20(25)23-16-7-8-19(18(21)14-16)24-10-2-3-11-24/h4-8,13-14,22H,2-3,9-12H2,1H3,(H,23,25). The van der Waals surface area contributed by atoms with E-state index >= 15 is 0 Å². The lowest BCUT2D eigenvalue weighted by Gasteiger charge is -2.19. The quantitative estimate of drug-likeness (QED) is 0.640. The van der Waals surface area contributed by atoms with Crippen molar-refractivity contribution in [2.75, 3.05) is 43.6 Å². The van der Waals surface area contributed by atoms with Crippen LogP contribution in [0, 0.1) is 5.82 Å². The Bertz CT molecular complexity index is 975. The molecule has 1 aliphatic rings. The van der Waals surface area contributed by atoms with Crippen molar-refractivity contribution in [3.05, 3.63) is 53.8 Å². The largest absolute Gasteiger partial charge is 0.383 e. The number of amides is 1. The van der Waals surface area contributed by atoms with E-state index < -0.39 is 21.7 Å². The van der Waals surface area contributed by atoms with Crippen molar-refractivity contribution in [3.63, 3.8) is 0 Å². The summed E-state index contributed by atoms with van der Waals surface area (Å²) in [7, 11) is -2.29. The lowest BCUT2D eigenvalue weighted by atomic mass is 10.2. The molecule has 156 valence electrons. The van der Waals surface area contributed by atoms with Crippen molar-refractivity contribution in [1.29, 1.82) is 0 Å². The summed E-state index contributed by atoms with van der Waals surface area (Å²) < 4.78 is 46.2. The molecule has 9 heteroatoms. The Morgan fingerprint density at radius 1 is 1.17 bits per heavy atom. The normalized spacial score (nSPS) is 14.2. The van der Waals surface area contributed by atoms with Crippen LogP contribution in [0.25, 0.3) is 0 Å². The van der Waals surface area contributed by atoms with Crippen LogP contribution in [0.3, 0.4) is 0 Å². The monoisotopic (exact) mass is 421 g/mol. The molecule has 1 amide bonds. The number of hydrogen-bond acceptors (Lipinski definition) is 5. The Kier molecular flexibility index (Phi) is 6.83. The molecule has 0 aromatic heterocycles. The molecule has 0 aliphatic carbocycles. The first-order valence-electron chi connectivity index (χ1n) is 9.35. The average Bonchev–Trinajstić information content (AvgIpc) is 3.23. The molecule has 2 aromatic carbocycles. The van der Waals surface area contributed by atoms with Crippen LogP contribution in [-0.2, 0) is 14.8 Å². The van der Waals surface area contributed by atoms with Gasteiger partial charge in [0.1, 0.15) is 5.82 Å². The van der Waals surface area contributed by atoms with Crippen LogP contribution in [-0.4, -0.2) is 47.7 Å². The maximum atomic E-state index is 14.4. The average molecular weight is 421 g/mol. The fourth-order valence-corrected chi connectivity index (χ4v) is 4.23. The zero-order valence-electron chi connectivity index (χ0n) is 16.2. The lowest BCUT2D eigenvalue weighted by molar-refractivity contribution is 0.102. The summed E-state index contributed by atoms with van der Waals surface area (Å²) >= 11 is 0. The topological polar surface area (TPSA) is 87.7 Å². The lowest BCUT2D eigenvalue weighted by Crippen LogP contribution is -2.27. The number of rotatable bonds is 8. The van der Waals surface area contributed by atoms with Crippen LogP contribution < -0.4 is 14.9 Å². The number of nitrogens with one attached hydrogen (secondary N) is 2. The van der Waals surface area contributed by atoms with Gasteiger partial charge in [-0.3, -0.25) is 4.79 Å². The number of anilines is 2. The second-order valence-electron chi connectivity index (χ2n) is 6.73. The molecule has 29 heavy (non-hydrogen) atoms. The molecule has 0 radical (unpaired) electrons. The second-order valence-corrected chi connectivity index (χ2v) is 8.50. The van der Waals surface area contributed by atoms with Crippen molar-refractivity contribution < 1.29 is 22.3 Å². The van der Waals surface area contributed by atoms with Crippen LogP contribution in [0.15, 0.2) is 47.4 Å². The molecule has 0 saturated carbocycles. The first-order chi connectivity index (χ1) is 13.9. The maximum absolute atomic E-state index is 14.4. The molecule has 3 rings (SSSR count). The predicted octanol–water partition coefficient (Wildman–Crippen LogP) is 2.60. The summed E-state index contributed by atoms with van der Waals surface area (Å²) in [5.74, 6) is -0.921. The summed E-state index contributed by atoms with van der Waals surface area (Å²) in [6.07, 6.45) is 2.08. The summed E-state index contributed by atoms with van der Waals surface area (Å²) in [5.41, 5.74) is 0.987. The van der Waals surface area contributed by atoms with E-state index in [0.29, 0.717) is 11.4 Å². The fourth-order valence-electron chi connectivity index (χ4n) is 3.17. The fraction of sp³-hybridized carbons (Fsp3) is 0.350. The third kappa shape index (κ3) is 5.31. The molecular formula is C20H24FN3O4S. The van der Waals surface area contributed by atoms with Gasteiger partial charge >= 0.3 is 0 Å². The number of hydrogen-bond donors (Lipinski definition) is 2. The number of carbonyl (C=O) groups is 1. The molecule has 1 fully saturated rings. The minimum Gasteiger partial charge on any atom is -0.383 e. The number of benzene rings is 2. The Morgan fingerprint density at radius 3 is 2.62 bits per heavy atom. The highest BCUT2D eigenvalue weighted by molar-refractivity contribution is 7.89. The second kappa shape index (κ2) is 9.34. The Hall–Kier alpha value is -2.49. The van der Waals surface area contributed by atoms with Gasteiger partial charge < -0.3 is 15.0 Å². The smallest absolute Gasteiger partial charge is 0.255 e. The van der Waals surface area contributed by atoms with Crippen molar-refractivity contribution >= 4 is 27.3 Å².